The molecule has 27 heavy (non-hydrogen) atoms. The van der Waals surface area contributed by atoms with Crippen LogP contribution in [0, 0.1) is 0 Å². The van der Waals surface area contributed by atoms with Crippen LogP contribution in [0.3, 0.4) is 0 Å². The van der Waals surface area contributed by atoms with E-state index in [1.165, 1.54) is 5.56 Å². The van der Waals surface area contributed by atoms with Gasteiger partial charge in [-0.15, -0.1) is 0 Å². The lowest BCUT2D eigenvalue weighted by atomic mass is 9.96. The van der Waals surface area contributed by atoms with Crippen LogP contribution in [-0.2, 0) is 11.3 Å². The second kappa shape index (κ2) is 7.97. The molecule has 1 aliphatic rings. The second-order valence-electron chi connectivity index (χ2n) is 6.88. The topological polar surface area (TPSA) is 42.7 Å². The second-order valence-corrected chi connectivity index (χ2v) is 8.25. The molecule has 140 valence electrons. The third-order valence-electron chi connectivity index (χ3n) is 4.98. The minimum absolute atomic E-state index is 0.0576. The van der Waals surface area contributed by atoms with Crippen LogP contribution in [-0.4, -0.2) is 31.2 Å². The number of rotatable bonds is 4. The molecule has 2 heterocycles. The first-order chi connectivity index (χ1) is 13.1. The van der Waals surface area contributed by atoms with E-state index in [4.69, 9.17) is 9.15 Å². The number of halogens is 1. The van der Waals surface area contributed by atoms with E-state index >= 15 is 0 Å². The molecule has 1 unspecified atom stereocenters. The van der Waals surface area contributed by atoms with Crippen LogP contribution >= 0.6 is 15.9 Å². The third-order valence-corrected chi connectivity index (χ3v) is 5.39. The minimum Gasteiger partial charge on any atom is -0.426 e. The first kappa shape index (κ1) is 18.4. The Morgan fingerprint density at radius 3 is 2.37 bits per heavy atom. The molecule has 2 aromatic carbocycles. The molecule has 1 atom stereocenters. The van der Waals surface area contributed by atoms with Gasteiger partial charge < -0.3 is 9.15 Å². The van der Waals surface area contributed by atoms with E-state index in [0.29, 0.717) is 11.1 Å². The summed E-state index contributed by atoms with van der Waals surface area (Å²) in [5.41, 5.74) is 3.02. The van der Waals surface area contributed by atoms with Crippen LogP contribution in [0.4, 0.5) is 0 Å². The number of morpholine rings is 1. The zero-order valence-electron chi connectivity index (χ0n) is 15.3. The Morgan fingerprint density at radius 2 is 1.70 bits per heavy atom. The molecule has 0 saturated carbocycles. The highest BCUT2D eigenvalue weighted by molar-refractivity contribution is 9.09. The fraction of sp³-hybridized carbons (Fsp3) is 0.318. The molecule has 5 heteroatoms. The van der Waals surface area contributed by atoms with E-state index in [-0.39, 0.29) is 10.5 Å². The molecule has 3 aromatic rings. The number of ether oxygens (including phenoxy) is 1. The summed E-state index contributed by atoms with van der Waals surface area (Å²) < 4.78 is 11.1. The summed E-state index contributed by atoms with van der Waals surface area (Å²) >= 11 is 3.58. The molecular formula is C22H22BrNO3. The monoisotopic (exact) mass is 427 g/mol. The lowest BCUT2D eigenvalue weighted by molar-refractivity contribution is 0.0342. The van der Waals surface area contributed by atoms with Crippen molar-refractivity contribution >= 4 is 26.7 Å². The fourth-order valence-electron chi connectivity index (χ4n) is 3.59. The lowest BCUT2D eigenvalue weighted by Gasteiger charge is -2.26. The van der Waals surface area contributed by atoms with Crippen molar-refractivity contribution in [3.63, 3.8) is 0 Å². The Kier molecular flexibility index (Phi) is 5.43. The largest absolute Gasteiger partial charge is 0.426 e. The molecule has 4 nitrogen and oxygen atoms in total. The molecule has 0 spiro atoms. The predicted octanol–water partition coefficient (Wildman–Crippen LogP) is 4.75. The van der Waals surface area contributed by atoms with Crippen molar-refractivity contribution < 1.29 is 9.15 Å². The highest BCUT2D eigenvalue weighted by Crippen LogP contribution is 2.36. The van der Waals surface area contributed by atoms with Crippen LogP contribution in [0.1, 0.15) is 23.1 Å². The maximum atomic E-state index is 12.4. The molecule has 0 aliphatic carbocycles. The smallest absolute Gasteiger partial charge is 0.343 e. The van der Waals surface area contributed by atoms with E-state index in [2.05, 4.69) is 45.1 Å². The molecule has 4 rings (SSSR count). The van der Waals surface area contributed by atoms with Gasteiger partial charge in [-0.2, -0.15) is 0 Å². The molecule has 1 aliphatic heterocycles. The molecular weight excluding hydrogens is 406 g/mol. The van der Waals surface area contributed by atoms with Crippen molar-refractivity contribution in [1.29, 1.82) is 0 Å². The van der Waals surface area contributed by atoms with Crippen molar-refractivity contribution in [2.75, 3.05) is 26.3 Å². The van der Waals surface area contributed by atoms with E-state index in [1.54, 1.807) is 0 Å². The predicted molar refractivity (Wildman–Crippen MR) is 111 cm³/mol. The standard InChI is InChI=1S/C22H22BrNO3/c1-15(23)21-20(18-4-2-3-5-19(18)22(25)27-21)17-8-6-16(7-9-17)14-24-10-12-26-13-11-24/h2-9,15H,10-14H2,1H3. The summed E-state index contributed by atoms with van der Waals surface area (Å²) in [4.78, 5) is 14.7. The first-order valence-corrected chi connectivity index (χ1v) is 10.1. The van der Waals surface area contributed by atoms with Gasteiger partial charge >= 0.3 is 5.63 Å². The lowest BCUT2D eigenvalue weighted by Crippen LogP contribution is -2.35. The Morgan fingerprint density at radius 1 is 1.04 bits per heavy atom. The number of alkyl halides is 1. The van der Waals surface area contributed by atoms with Crippen LogP contribution in [0.2, 0.25) is 0 Å². The Hall–Kier alpha value is -1.95. The Bertz CT molecular complexity index is 989. The summed E-state index contributed by atoms with van der Waals surface area (Å²) in [6.45, 7) is 6.46. The Labute approximate surface area is 166 Å². The van der Waals surface area contributed by atoms with E-state index in [0.717, 1.165) is 49.4 Å². The number of hydrogen-bond acceptors (Lipinski definition) is 4. The molecule has 0 radical (unpaired) electrons. The Balaban J connectivity index is 1.74. The highest BCUT2D eigenvalue weighted by Gasteiger charge is 2.19. The van der Waals surface area contributed by atoms with Crippen molar-refractivity contribution in [3.05, 3.63) is 70.3 Å². The van der Waals surface area contributed by atoms with Crippen molar-refractivity contribution in [1.82, 2.24) is 4.90 Å². The van der Waals surface area contributed by atoms with Crippen LogP contribution in [0.25, 0.3) is 21.9 Å². The molecule has 1 aromatic heterocycles. The van der Waals surface area contributed by atoms with Gasteiger partial charge in [0.15, 0.2) is 0 Å². The molecule has 0 N–H and O–H groups in total. The number of hydrogen-bond donors (Lipinski definition) is 0. The van der Waals surface area contributed by atoms with Gasteiger partial charge in [0.1, 0.15) is 5.76 Å². The first-order valence-electron chi connectivity index (χ1n) is 9.22. The third kappa shape index (κ3) is 3.86. The minimum atomic E-state index is -0.292. The number of nitrogens with zero attached hydrogens (tertiary/aromatic N) is 1. The van der Waals surface area contributed by atoms with E-state index < -0.39 is 0 Å². The molecule has 1 fully saturated rings. The van der Waals surface area contributed by atoms with Gasteiger partial charge in [-0.3, -0.25) is 4.90 Å². The average molecular weight is 428 g/mol. The maximum absolute atomic E-state index is 12.4. The summed E-state index contributed by atoms with van der Waals surface area (Å²) in [6.07, 6.45) is 0. The van der Waals surface area contributed by atoms with Gasteiger partial charge in [0, 0.05) is 30.6 Å². The van der Waals surface area contributed by atoms with Crippen molar-refractivity contribution in [3.8, 4) is 11.1 Å². The molecule has 0 amide bonds. The fourth-order valence-corrected chi connectivity index (χ4v) is 3.91. The van der Waals surface area contributed by atoms with Crippen LogP contribution < -0.4 is 5.63 Å². The quantitative estimate of drug-likeness (QED) is 0.563. The van der Waals surface area contributed by atoms with Crippen molar-refractivity contribution in [2.45, 2.75) is 18.3 Å². The van der Waals surface area contributed by atoms with Crippen molar-refractivity contribution in [2.24, 2.45) is 0 Å². The SMILES string of the molecule is CC(Br)c1oc(=O)c2ccccc2c1-c1ccc(CN2CCOCC2)cc1. The zero-order chi connectivity index (χ0) is 18.8. The van der Waals surface area contributed by atoms with Gasteiger partial charge in [0.2, 0.25) is 0 Å². The van der Waals surface area contributed by atoms with Gasteiger partial charge in [-0.25, -0.2) is 4.79 Å². The van der Waals surface area contributed by atoms with E-state index in [1.807, 2.05) is 31.2 Å². The summed E-state index contributed by atoms with van der Waals surface area (Å²) in [5.74, 6) is 0.666. The molecule has 1 saturated heterocycles. The number of fused-ring (bicyclic) bond motifs is 1. The van der Waals surface area contributed by atoms with Gasteiger partial charge in [-0.1, -0.05) is 58.4 Å². The van der Waals surface area contributed by atoms with Crippen LogP contribution in [0.5, 0.6) is 0 Å². The normalized spacial score (nSPS) is 16.5. The van der Waals surface area contributed by atoms with E-state index in [9.17, 15) is 4.79 Å². The van der Waals surface area contributed by atoms with Gasteiger partial charge in [-0.05, 0) is 24.1 Å². The maximum Gasteiger partial charge on any atom is 0.343 e. The average Bonchev–Trinajstić information content (AvgIpc) is 2.69. The summed E-state index contributed by atoms with van der Waals surface area (Å²) in [5, 5.41) is 1.54. The van der Waals surface area contributed by atoms with Crippen LogP contribution in [0.15, 0.2) is 57.7 Å². The number of benzene rings is 2. The zero-order valence-corrected chi connectivity index (χ0v) is 16.9. The summed E-state index contributed by atoms with van der Waals surface area (Å²) in [6, 6.07) is 16.2. The molecule has 0 bridgehead atoms. The summed E-state index contributed by atoms with van der Waals surface area (Å²) in [7, 11) is 0. The van der Waals surface area contributed by atoms with Gasteiger partial charge in [0.05, 0.1) is 23.4 Å². The highest BCUT2D eigenvalue weighted by atomic mass is 79.9. The van der Waals surface area contributed by atoms with Gasteiger partial charge in [0.25, 0.3) is 0 Å².